The molecule has 0 fully saturated rings. The molecule has 0 unspecified atom stereocenters. The molecule has 29 heavy (non-hydrogen) atoms. The number of H-pyrrole nitrogens is 1. The first-order valence-corrected chi connectivity index (χ1v) is 9.47. The van der Waals surface area contributed by atoms with Crippen LogP contribution >= 0.6 is 11.6 Å². The third-order valence-electron chi connectivity index (χ3n) is 4.63. The quantitative estimate of drug-likeness (QED) is 0.366. The van der Waals surface area contributed by atoms with E-state index in [9.17, 15) is 9.59 Å². The second kappa shape index (κ2) is 7.86. The minimum atomic E-state index is -0.439. The first-order valence-electron chi connectivity index (χ1n) is 9.09. The summed E-state index contributed by atoms with van der Waals surface area (Å²) in [6.07, 6.45) is 4.68. The maximum absolute atomic E-state index is 13.1. The Bertz CT molecular complexity index is 1310. The highest BCUT2D eigenvalue weighted by molar-refractivity contribution is 6.31. The van der Waals surface area contributed by atoms with E-state index in [0.29, 0.717) is 27.2 Å². The monoisotopic (exact) mass is 400 g/mol. The second-order valence-corrected chi connectivity index (χ2v) is 7.15. The fourth-order valence-corrected chi connectivity index (χ4v) is 3.47. The van der Waals surface area contributed by atoms with Crippen molar-refractivity contribution in [2.24, 2.45) is 0 Å². The van der Waals surface area contributed by atoms with E-state index in [-0.39, 0.29) is 5.56 Å². The zero-order chi connectivity index (χ0) is 20.4. The second-order valence-electron chi connectivity index (χ2n) is 6.72. The molecule has 1 N–H and O–H groups in total. The Morgan fingerprint density at radius 2 is 1.86 bits per heavy atom. The first kappa shape index (κ1) is 18.8. The van der Waals surface area contributed by atoms with Gasteiger partial charge in [0.2, 0.25) is 0 Å². The van der Waals surface area contributed by atoms with Gasteiger partial charge in [-0.3, -0.25) is 14.6 Å². The summed E-state index contributed by atoms with van der Waals surface area (Å²) in [6.45, 7) is 1.95. The van der Waals surface area contributed by atoms with Crippen LogP contribution in [0.15, 0.2) is 77.7 Å². The zero-order valence-corrected chi connectivity index (χ0v) is 16.4. The largest absolute Gasteiger partial charge is 0.321 e. The highest BCUT2D eigenvalue weighted by Gasteiger charge is 2.19. The summed E-state index contributed by atoms with van der Waals surface area (Å²) in [5, 5.41) is 1.24. The number of fused-ring (bicyclic) bond motifs is 1. The van der Waals surface area contributed by atoms with Gasteiger partial charge in [-0.05, 0) is 60.5 Å². The van der Waals surface area contributed by atoms with Gasteiger partial charge in [-0.15, -0.1) is 0 Å². The van der Waals surface area contributed by atoms with Crippen LogP contribution in [-0.2, 0) is 0 Å². The van der Waals surface area contributed by atoms with Crippen molar-refractivity contribution >= 4 is 34.4 Å². The molecule has 0 aliphatic heterocycles. The van der Waals surface area contributed by atoms with Crippen molar-refractivity contribution in [1.29, 1.82) is 0 Å². The van der Waals surface area contributed by atoms with Crippen LogP contribution in [-0.4, -0.2) is 15.8 Å². The summed E-state index contributed by atoms with van der Waals surface area (Å²) < 4.78 is 0. The molecule has 4 aromatic rings. The summed E-state index contributed by atoms with van der Waals surface area (Å²) in [5.41, 5.74) is 3.30. The van der Waals surface area contributed by atoms with E-state index in [1.54, 1.807) is 30.5 Å². The summed E-state index contributed by atoms with van der Waals surface area (Å²) >= 11 is 6.21. The van der Waals surface area contributed by atoms with E-state index in [4.69, 9.17) is 11.6 Å². The number of pyridine rings is 2. The standard InChI is InChI=1S/C24H17ClN2O2/c1-15-11-12-26-18(13-15)8-10-21(28)23-22(16-5-3-2-4-6-16)19-14-17(25)7-9-20(19)27-24(23)29/h2-14H,1H3,(H,27,29). The first-order chi connectivity index (χ1) is 14.0. The van der Waals surface area contributed by atoms with Crippen molar-refractivity contribution in [3.63, 3.8) is 0 Å². The number of hydrogen-bond donors (Lipinski definition) is 1. The third-order valence-corrected chi connectivity index (χ3v) is 4.86. The number of ketones is 1. The van der Waals surface area contributed by atoms with Gasteiger partial charge in [0.05, 0.1) is 11.3 Å². The molecular formula is C24H17ClN2O2. The maximum atomic E-state index is 13.1. The Kier molecular flexibility index (Phi) is 5.10. The van der Waals surface area contributed by atoms with Crippen molar-refractivity contribution in [3.05, 3.63) is 105 Å². The Hall–Kier alpha value is -3.50. The number of allylic oxidation sites excluding steroid dienone is 1. The number of carbonyl (C=O) groups excluding carboxylic acids is 1. The number of nitrogens with one attached hydrogen (secondary N) is 1. The number of aryl methyl sites for hydroxylation is 1. The minimum absolute atomic E-state index is 0.0786. The van der Waals surface area contributed by atoms with Crippen molar-refractivity contribution < 1.29 is 4.79 Å². The number of nitrogens with zero attached hydrogens (tertiary/aromatic N) is 1. The minimum Gasteiger partial charge on any atom is -0.321 e. The van der Waals surface area contributed by atoms with Crippen molar-refractivity contribution in [2.45, 2.75) is 6.92 Å². The maximum Gasteiger partial charge on any atom is 0.260 e. The lowest BCUT2D eigenvalue weighted by molar-refractivity contribution is 0.104. The molecule has 0 aliphatic rings. The summed E-state index contributed by atoms with van der Waals surface area (Å²) in [4.78, 5) is 33.0. The molecule has 2 aromatic carbocycles. The molecule has 0 aliphatic carbocycles. The predicted octanol–water partition coefficient (Wildman–Crippen LogP) is 5.45. The lowest BCUT2D eigenvalue weighted by atomic mass is 9.94. The fraction of sp³-hybridized carbons (Fsp3) is 0.0417. The highest BCUT2D eigenvalue weighted by Crippen LogP contribution is 2.31. The molecule has 2 aromatic heterocycles. The molecule has 4 nitrogen and oxygen atoms in total. The van der Waals surface area contributed by atoms with Crippen LogP contribution in [0.5, 0.6) is 0 Å². The average molecular weight is 401 g/mol. The molecule has 0 amide bonds. The van der Waals surface area contributed by atoms with Crippen LogP contribution in [0.4, 0.5) is 0 Å². The molecule has 0 bridgehead atoms. The van der Waals surface area contributed by atoms with Crippen molar-refractivity contribution in [2.75, 3.05) is 0 Å². The van der Waals surface area contributed by atoms with Gasteiger partial charge >= 0.3 is 0 Å². The number of hydrogen-bond acceptors (Lipinski definition) is 3. The van der Waals surface area contributed by atoms with Gasteiger partial charge in [-0.1, -0.05) is 41.9 Å². The highest BCUT2D eigenvalue weighted by atomic mass is 35.5. The zero-order valence-electron chi connectivity index (χ0n) is 15.6. The third kappa shape index (κ3) is 3.89. The topological polar surface area (TPSA) is 62.8 Å². The van der Waals surface area contributed by atoms with Gasteiger partial charge in [0, 0.05) is 27.7 Å². The Morgan fingerprint density at radius 3 is 2.62 bits per heavy atom. The fourth-order valence-electron chi connectivity index (χ4n) is 3.30. The van der Waals surface area contributed by atoms with Crippen molar-refractivity contribution in [3.8, 4) is 11.1 Å². The van der Waals surface area contributed by atoms with E-state index in [1.165, 1.54) is 6.08 Å². The summed E-state index contributed by atoms with van der Waals surface area (Å²) in [6, 6.07) is 18.3. The average Bonchev–Trinajstić information content (AvgIpc) is 2.72. The number of aromatic nitrogens is 2. The van der Waals surface area contributed by atoms with E-state index >= 15 is 0 Å². The normalized spacial score (nSPS) is 11.2. The smallest absolute Gasteiger partial charge is 0.260 e. The summed E-state index contributed by atoms with van der Waals surface area (Å²) in [7, 11) is 0. The molecule has 5 heteroatoms. The molecule has 142 valence electrons. The number of rotatable bonds is 4. The lowest BCUT2D eigenvalue weighted by Crippen LogP contribution is -2.18. The number of benzene rings is 2. The van der Waals surface area contributed by atoms with Crippen LogP contribution in [0.1, 0.15) is 21.6 Å². The van der Waals surface area contributed by atoms with Gasteiger partial charge in [-0.2, -0.15) is 0 Å². The molecule has 0 radical (unpaired) electrons. The Labute approximate surface area is 172 Å². The lowest BCUT2D eigenvalue weighted by Gasteiger charge is -2.11. The molecule has 0 saturated heterocycles. The van der Waals surface area contributed by atoms with Crippen molar-refractivity contribution in [1.82, 2.24) is 9.97 Å². The Balaban J connectivity index is 1.92. The van der Waals surface area contributed by atoms with Crippen LogP contribution in [0.2, 0.25) is 5.02 Å². The van der Waals surface area contributed by atoms with Gasteiger partial charge in [0.1, 0.15) is 0 Å². The SMILES string of the molecule is Cc1ccnc(C=CC(=O)c2c(-c3ccccc3)c3cc(Cl)ccc3[nH]c2=O)c1. The van der Waals surface area contributed by atoms with E-state index < -0.39 is 11.3 Å². The van der Waals surface area contributed by atoms with E-state index in [1.807, 2.05) is 49.4 Å². The molecule has 2 heterocycles. The number of halogens is 1. The summed E-state index contributed by atoms with van der Waals surface area (Å²) in [5.74, 6) is -0.393. The van der Waals surface area contributed by atoms with Gasteiger partial charge in [0.25, 0.3) is 5.56 Å². The number of aromatic amines is 1. The molecule has 0 saturated carbocycles. The number of carbonyl (C=O) groups is 1. The van der Waals surface area contributed by atoms with Gasteiger partial charge < -0.3 is 4.98 Å². The van der Waals surface area contributed by atoms with Crippen LogP contribution in [0, 0.1) is 6.92 Å². The van der Waals surface area contributed by atoms with Crippen LogP contribution < -0.4 is 5.56 Å². The molecule has 0 atom stereocenters. The Morgan fingerprint density at radius 1 is 1.07 bits per heavy atom. The predicted molar refractivity (Wildman–Crippen MR) is 117 cm³/mol. The molecule has 0 spiro atoms. The van der Waals surface area contributed by atoms with Gasteiger partial charge in [0.15, 0.2) is 5.78 Å². The molecule has 4 rings (SSSR count). The molecular weight excluding hydrogens is 384 g/mol. The van der Waals surface area contributed by atoms with E-state index in [2.05, 4.69) is 9.97 Å². The van der Waals surface area contributed by atoms with Gasteiger partial charge in [-0.25, -0.2) is 0 Å². The van der Waals surface area contributed by atoms with Crippen LogP contribution in [0.25, 0.3) is 28.1 Å². The van der Waals surface area contributed by atoms with E-state index in [0.717, 1.165) is 11.1 Å². The van der Waals surface area contributed by atoms with Crippen LogP contribution in [0.3, 0.4) is 0 Å².